The lowest BCUT2D eigenvalue weighted by Gasteiger charge is -2.15. The summed E-state index contributed by atoms with van der Waals surface area (Å²) in [5.74, 6) is -0.554. The van der Waals surface area contributed by atoms with E-state index >= 15 is 0 Å². The number of ketones is 1. The van der Waals surface area contributed by atoms with E-state index in [0.717, 1.165) is 5.56 Å². The van der Waals surface area contributed by atoms with E-state index in [1.165, 1.54) is 6.07 Å². The fourth-order valence-electron chi connectivity index (χ4n) is 3.39. The van der Waals surface area contributed by atoms with Gasteiger partial charge in [0.2, 0.25) is 5.78 Å². The second kappa shape index (κ2) is 9.91. The van der Waals surface area contributed by atoms with Crippen LogP contribution in [-0.4, -0.2) is 36.5 Å². The highest BCUT2D eigenvalue weighted by Crippen LogP contribution is 2.35. The minimum atomic E-state index is -1.19. The first kappa shape index (κ1) is 22.6. The van der Waals surface area contributed by atoms with Gasteiger partial charge in [0.1, 0.15) is 17.2 Å². The Hall–Kier alpha value is -4.59. The fraction of sp³-hybridized carbons (Fsp3) is 0.115. The van der Waals surface area contributed by atoms with Crippen molar-refractivity contribution < 1.29 is 33.7 Å². The molecule has 0 aromatic heterocycles. The Morgan fingerprint density at radius 2 is 1.74 bits per heavy atom. The Morgan fingerprint density at radius 3 is 2.41 bits per heavy atom. The summed E-state index contributed by atoms with van der Waals surface area (Å²) in [4.78, 5) is 36.5. The molecule has 3 aromatic rings. The number of amides is 1. The first-order valence-electron chi connectivity index (χ1n) is 10.4. The number of fused-ring (bicyclic) bond motifs is 1. The molecule has 0 unspecified atom stereocenters. The SMILES string of the molecule is COc1ccc(/C=C2/Oc3cc(OCC(=O)N[C@H](C(=O)O)c4ccccc4)ccc3C2=O)cc1. The molecule has 172 valence electrons. The maximum atomic E-state index is 12.6. The summed E-state index contributed by atoms with van der Waals surface area (Å²) in [6, 6.07) is 19.0. The van der Waals surface area contributed by atoms with Crippen LogP contribution < -0.4 is 19.5 Å². The van der Waals surface area contributed by atoms with Gasteiger partial charge in [0.25, 0.3) is 5.91 Å². The standard InChI is InChI=1S/C26H21NO7/c1-32-18-9-7-16(8-10-18)13-22-25(29)20-12-11-19(14-21(20)34-22)33-15-23(28)27-24(26(30)31)17-5-3-2-4-6-17/h2-14,24H,15H2,1H3,(H,27,28)(H,30,31)/b22-13+/t24-/m0/s1. The van der Waals surface area contributed by atoms with Crippen molar-refractivity contribution >= 4 is 23.7 Å². The molecule has 1 amide bonds. The molecule has 0 spiro atoms. The number of nitrogens with one attached hydrogen (secondary N) is 1. The topological polar surface area (TPSA) is 111 Å². The van der Waals surface area contributed by atoms with Crippen molar-refractivity contribution in [1.82, 2.24) is 5.32 Å². The lowest BCUT2D eigenvalue weighted by molar-refractivity contribution is -0.142. The second-order valence-electron chi connectivity index (χ2n) is 7.41. The molecule has 0 saturated heterocycles. The Morgan fingerprint density at radius 1 is 1.03 bits per heavy atom. The molecule has 1 atom stereocenters. The van der Waals surface area contributed by atoms with E-state index in [4.69, 9.17) is 14.2 Å². The number of ether oxygens (including phenoxy) is 3. The minimum Gasteiger partial charge on any atom is -0.497 e. The van der Waals surface area contributed by atoms with Gasteiger partial charge in [-0.15, -0.1) is 0 Å². The molecule has 34 heavy (non-hydrogen) atoms. The Bertz CT molecular complexity index is 1250. The van der Waals surface area contributed by atoms with Crippen LogP contribution in [0.1, 0.15) is 27.5 Å². The minimum absolute atomic E-state index is 0.169. The van der Waals surface area contributed by atoms with E-state index in [9.17, 15) is 19.5 Å². The van der Waals surface area contributed by atoms with Gasteiger partial charge < -0.3 is 24.6 Å². The van der Waals surface area contributed by atoms with Gasteiger partial charge in [-0.1, -0.05) is 42.5 Å². The second-order valence-corrected chi connectivity index (χ2v) is 7.41. The number of aliphatic carboxylic acids is 1. The molecular weight excluding hydrogens is 438 g/mol. The van der Waals surface area contributed by atoms with Crippen LogP contribution in [0, 0.1) is 0 Å². The fourth-order valence-corrected chi connectivity index (χ4v) is 3.39. The third-order valence-electron chi connectivity index (χ3n) is 5.11. The summed E-state index contributed by atoms with van der Waals surface area (Å²) < 4.78 is 16.3. The molecule has 2 N–H and O–H groups in total. The van der Waals surface area contributed by atoms with Crippen LogP contribution >= 0.6 is 0 Å². The van der Waals surface area contributed by atoms with E-state index in [1.807, 2.05) is 0 Å². The maximum Gasteiger partial charge on any atom is 0.330 e. The zero-order valence-corrected chi connectivity index (χ0v) is 18.2. The van der Waals surface area contributed by atoms with Crippen molar-refractivity contribution in [3.05, 3.63) is 95.2 Å². The van der Waals surface area contributed by atoms with Crippen molar-refractivity contribution in [2.75, 3.05) is 13.7 Å². The quantitative estimate of drug-likeness (QED) is 0.495. The number of allylic oxidation sites excluding steroid dienone is 1. The smallest absolute Gasteiger partial charge is 0.330 e. The van der Waals surface area contributed by atoms with Gasteiger partial charge in [0.15, 0.2) is 18.4 Å². The van der Waals surface area contributed by atoms with Crippen LogP contribution in [0.15, 0.2) is 78.6 Å². The molecule has 1 aliphatic rings. The number of carboxylic acids is 1. The van der Waals surface area contributed by atoms with Gasteiger partial charge in [-0.2, -0.15) is 0 Å². The third-order valence-corrected chi connectivity index (χ3v) is 5.11. The van der Waals surface area contributed by atoms with E-state index in [-0.39, 0.29) is 11.5 Å². The molecule has 1 aliphatic heterocycles. The molecular formula is C26H21NO7. The number of carboxylic acid groups (broad SMARTS) is 1. The summed E-state index contributed by atoms with van der Waals surface area (Å²) in [5, 5.41) is 11.9. The predicted molar refractivity (Wildman–Crippen MR) is 123 cm³/mol. The van der Waals surface area contributed by atoms with Crippen molar-refractivity contribution in [2.45, 2.75) is 6.04 Å². The first-order chi connectivity index (χ1) is 16.4. The number of methoxy groups -OCH3 is 1. The van der Waals surface area contributed by atoms with Crippen LogP contribution in [0.3, 0.4) is 0 Å². The number of Topliss-reactive ketones (excluding diaryl/α,β-unsaturated/α-hetero) is 1. The highest BCUT2D eigenvalue weighted by Gasteiger charge is 2.28. The Balaban J connectivity index is 1.40. The lowest BCUT2D eigenvalue weighted by atomic mass is 10.1. The highest BCUT2D eigenvalue weighted by atomic mass is 16.5. The molecule has 0 saturated carbocycles. The van der Waals surface area contributed by atoms with E-state index in [1.54, 1.807) is 79.9 Å². The van der Waals surface area contributed by atoms with Gasteiger partial charge in [-0.3, -0.25) is 9.59 Å². The zero-order valence-electron chi connectivity index (χ0n) is 18.2. The summed E-state index contributed by atoms with van der Waals surface area (Å²) >= 11 is 0. The van der Waals surface area contributed by atoms with Gasteiger partial charge in [-0.05, 0) is 41.5 Å². The third kappa shape index (κ3) is 5.07. The van der Waals surface area contributed by atoms with Gasteiger partial charge in [-0.25, -0.2) is 4.79 Å². The average molecular weight is 459 g/mol. The normalized spacial score (nSPS) is 14.1. The van der Waals surface area contributed by atoms with Crippen molar-refractivity contribution in [2.24, 2.45) is 0 Å². The van der Waals surface area contributed by atoms with E-state index in [2.05, 4.69) is 5.32 Å². The van der Waals surface area contributed by atoms with Crippen molar-refractivity contribution in [1.29, 1.82) is 0 Å². The zero-order chi connectivity index (χ0) is 24.1. The van der Waals surface area contributed by atoms with Gasteiger partial charge in [0, 0.05) is 6.07 Å². The van der Waals surface area contributed by atoms with Crippen LogP contribution in [0.5, 0.6) is 17.2 Å². The Kier molecular flexibility index (Phi) is 6.59. The van der Waals surface area contributed by atoms with E-state index < -0.39 is 24.5 Å². The number of rotatable bonds is 8. The number of carbonyl (C=O) groups excluding carboxylic acids is 2. The van der Waals surface area contributed by atoms with Gasteiger partial charge >= 0.3 is 5.97 Å². The molecule has 1 heterocycles. The van der Waals surface area contributed by atoms with Crippen molar-refractivity contribution in [3.8, 4) is 17.2 Å². The summed E-state index contributed by atoms with van der Waals surface area (Å²) in [6.45, 7) is -0.405. The summed E-state index contributed by atoms with van der Waals surface area (Å²) in [5.41, 5.74) is 1.60. The van der Waals surface area contributed by atoms with Gasteiger partial charge in [0.05, 0.1) is 12.7 Å². The number of hydrogen-bond acceptors (Lipinski definition) is 6. The molecule has 8 nitrogen and oxygen atoms in total. The Labute approximate surface area is 195 Å². The monoisotopic (exact) mass is 459 g/mol. The van der Waals surface area contributed by atoms with Crippen molar-refractivity contribution in [3.63, 3.8) is 0 Å². The van der Waals surface area contributed by atoms with Crippen LogP contribution in [0.2, 0.25) is 0 Å². The van der Waals surface area contributed by atoms with Crippen LogP contribution in [-0.2, 0) is 9.59 Å². The number of hydrogen-bond donors (Lipinski definition) is 2. The molecule has 4 rings (SSSR count). The number of carbonyl (C=O) groups is 3. The highest BCUT2D eigenvalue weighted by molar-refractivity contribution is 6.14. The van der Waals surface area contributed by atoms with Crippen LogP contribution in [0.25, 0.3) is 6.08 Å². The summed E-state index contributed by atoms with van der Waals surface area (Å²) in [7, 11) is 1.57. The van der Waals surface area contributed by atoms with Crippen LogP contribution in [0.4, 0.5) is 0 Å². The largest absolute Gasteiger partial charge is 0.497 e. The predicted octanol–water partition coefficient (Wildman–Crippen LogP) is 3.63. The number of benzene rings is 3. The summed E-state index contributed by atoms with van der Waals surface area (Å²) in [6.07, 6.45) is 1.63. The molecule has 0 fully saturated rings. The average Bonchev–Trinajstić information content (AvgIpc) is 3.16. The molecule has 0 radical (unpaired) electrons. The van der Waals surface area contributed by atoms with E-state index in [0.29, 0.717) is 28.4 Å². The molecule has 3 aromatic carbocycles. The lowest BCUT2D eigenvalue weighted by Crippen LogP contribution is -2.36. The molecule has 8 heteroatoms. The first-order valence-corrected chi connectivity index (χ1v) is 10.4. The molecule has 0 aliphatic carbocycles. The maximum absolute atomic E-state index is 12.6. The molecule has 0 bridgehead atoms.